The summed E-state index contributed by atoms with van der Waals surface area (Å²) in [5.74, 6) is 0. The monoisotopic (exact) mass is 233 g/mol. The molecular formula is C12H12ClN3. The highest BCUT2D eigenvalue weighted by atomic mass is 35.5. The van der Waals surface area contributed by atoms with Gasteiger partial charge in [0.05, 0.1) is 17.9 Å². The summed E-state index contributed by atoms with van der Waals surface area (Å²) in [6.07, 6.45) is 1.73. The van der Waals surface area contributed by atoms with E-state index in [9.17, 15) is 0 Å². The molecule has 0 aliphatic rings. The summed E-state index contributed by atoms with van der Waals surface area (Å²) in [4.78, 5) is 4.20. The molecule has 3 N–H and O–H groups in total. The van der Waals surface area contributed by atoms with Crippen LogP contribution in [0.1, 0.15) is 5.69 Å². The van der Waals surface area contributed by atoms with Crippen molar-refractivity contribution in [2.45, 2.75) is 6.54 Å². The molecule has 0 saturated heterocycles. The average molecular weight is 234 g/mol. The summed E-state index contributed by atoms with van der Waals surface area (Å²) in [5.41, 5.74) is 8.32. The van der Waals surface area contributed by atoms with Crippen LogP contribution in [0.2, 0.25) is 5.02 Å². The second kappa shape index (κ2) is 4.86. The Morgan fingerprint density at radius 3 is 2.62 bits per heavy atom. The first-order valence-electron chi connectivity index (χ1n) is 4.94. The summed E-state index contributed by atoms with van der Waals surface area (Å²) in [5, 5.41) is 3.95. The van der Waals surface area contributed by atoms with Gasteiger partial charge < -0.3 is 11.1 Å². The molecule has 1 aromatic carbocycles. The van der Waals surface area contributed by atoms with Crippen molar-refractivity contribution >= 4 is 23.0 Å². The van der Waals surface area contributed by atoms with Crippen LogP contribution >= 0.6 is 11.6 Å². The van der Waals surface area contributed by atoms with E-state index in [0.717, 1.165) is 16.4 Å². The topological polar surface area (TPSA) is 50.9 Å². The van der Waals surface area contributed by atoms with Gasteiger partial charge in [-0.25, -0.2) is 0 Å². The van der Waals surface area contributed by atoms with Gasteiger partial charge in [-0.2, -0.15) is 0 Å². The Hall–Kier alpha value is -1.74. The molecule has 0 spiro atoms. The van der Waals surface area contributed by atoms with E-state index >= 15 is 0 Å². The van der Waals surface area contributed by atoms with Crippen LogP contribution in [-0.4, -0.2) is 4.98 Å². The Labute approximate surface area is 99.3 Å². The molecule has 1 heterocycles. The SMILES string of the molecule is Nc1cccnc1CNc1ccc(Cl)cc1. The van der Waals surface area contributed by atoms with Crippen LogP contribution in [0.25, 0.3) is 0 Å². The molecule has 2 aromatic rings. The lowest BCUT2D eigenvalue weighted by Crippen LogP contribution is -2.04. The van der Waals surface area contributed by atoms with Crippen molar-refractivity contribution in [1.29, 1.82) is 0 Å². The van der Waals surface area contributed by atoms with Gasteiger partial charge in [0.1, 0.15) is 0 Å². The normalized spacial score (nSPS) is 10.1. The summed E-state index contributed by atoms with van der Waals surface area (Å²) >= 11 is 5.79. The fourth-order valence-electron chi connectivity index (χ4n) is 1.35. The molecule has 0 saturated carbocycles. The largest absolute Gasteiger partial charge is 0.397 e. The first kappa shape index (κ1) is 10.8. The summed E-state index contributed by atoms with van der Waals surface area (Å²) in [6.45, 7) is 0.605. The lowest BCUT2D eigenvalue weighted by molar-refractivity contribution is 1.05. The fourth-order valence-corrected chi connectivity index (χ4v) is 1.48. The zero-order valence-electron chi connectivity index (χ0n) is 8.65. The minimum Gasteiger partial charge on any atom is -0.397 e. The van der Waals surface area contributed by atoms with Crippen molar-refractivity contribution in [2.75, 3.05) is 11.1 Å². The molecule has 0 fully saturated rings. The predicted octanol–water partition coefficient (Wildman–Crippen LogP) is 2.93. The summed E-state index contributed by atoms with van der Waals surface area (Å²) in [6, 6.07) is 11.2. The number of hydrogen-bond donors (Lipinski definition) is 2. The maximum absolute atomic E-state index is 5.79. The number of nitrogen functional groups attached to an aromatic ring is 1. The molecule has 0 aliphatic carbocycles. The van der Waals surface area contributed by atoms with Gasteiger partial charge in [0.15, 0.2) is 0 Å². The minimum atomic E-state index is 0.605. The molecule has 1 aromatic heterocycles. The molecule has 0 atom stereocenters. The van der Waals surface area contributed by atoms with Crippen molar-refractivity contribution in [1.82, 2.24) is 4.98 Å². The average Bonchev–Trinajstić information content (AvgIpc) is 2.30. The Morgan fingerprint density at radius 1 is 1.19 bits per heavy atom. The molecular weight excluding hydrogens is 222 g/mol. The molecule has 0 amide bonds. The molecule has 0 radical (unpaired) electrons. The second-order valence-corrected chi connectivity index (χ2v) is 3.84. The quantitative estimate of drug-likeness (QED) is 0.857. The van der Waals surface area contributed by atoms with Crippen LogP contribution in [-0.2, 0) is 6.54 Å². The predicted molar refractivity (Wildman–Crippen MR) is 67.4 cm³/mol. The standard InChI is InChI=1S/C12H12ClN3/c13-9-3-5-10(6-4-9)16-8-12-11(14)2-1-7-15-12/h1-7,16H,8,14H2. The first-order valence-corrected chi connectivity index (χ1v) is 5.32. The highest BCUT2D eigenvalue weighted by Gasteiger charge is 1.99. The third-order valence-electron chi connectivity index (χ3n) is 2.23. The van der Waals surface area contributed by atoms with Gasteiger partial charge >= 0.3 is 0 Å². The van der Waals surface area contributed by atoms with Crippen LogP contribution in [0.4, 0.5) is 11.4 Å². The summed E-state index contributed by atoms with van der Waals surface area (Å²) in [7, 11) is 0. The van der Waals surface area contributed by atoms with Gasteiger partial charge in [-0.3, -0.25) is 4.98 Å². The maximum atomic E-state index is 5.79. The molecule has 82 valence electrons. The van der Waals surface area contributed by atoms with Crippen LogP contribution in [0.5, 0.6) is 0 Å². The second-order valence-electron chi connectivity index (χ2n) is 3.40. The molecule has 0 aliphatic heterocycles. The highest BCUT2D eigenvalue weighted by molar-refractivity contribution is 6.30. The van der Waals surface area contributed by atoms with Crippen molar-refractivity contribution < 1.29 is 0 Å². The Bertz CT molecular complexity index is 468. The van der Waals surface area contributed by atoms with Crippen molar-refractivity contribution in [3.63, 3.8) is 0 Å². The number of halogens is 1. The zero-order valence-corrected chi connectivity index (χ0v) is 9.41. The molecule has 4 heteroatoms. The van der Waals surface area contributed by atoms with Crippen LogP contribution < -0.4 is 11.1 Å². The van der Waals surface area contributed by atoms with Crippen LogP contribution in [0.15, 0.2) is 42.6 Å². The smallest absolute Gasteiger partial charge is 0.0823 e. The van der Waals surface area contributed by atoms with E-state index in [4.69, 9.17) is 17.3 Å². The number of aromatic nitrogens is 1. The van der Waals surface area contributed by atoms with E-state index in [1.807, 2.05) is 36.4 Å². The van der Waals surface area contributed by atoms with Crippen molar-refractivity contribution in [3.05, 3.63) is 53.3 Å². The van der Waals surface area contributed by atoms with E-state index in [-0.39, 0.29) is 0 Å². The molecule has 0 unspecified atom stereocenters. The Kier molecular flexibility index (Phi) is 3.27. The molecule has 3 nitrogen and oxygen atoms in total. The third-order valence-corrected chi connectivity index (χ3v) is 2.48. The molecule has 2 rings (SSSR count). The number of benzene rings is 1. The van der Waals surface area contributed by atoms with Gasteiger partial charge in [-0.05, 0) is 36.4 Å². The molecule has 16 heavy (non-hydrogen) atoms. The molecule has 0 bridgehead atoms. The number of nitrogens with zero attached hydrogens (tertiary/aromatic N) is 1. The Morgan fingerprint density at radius 2 is 1.94 bits per heavy atom. The van der Waals surface area contributed by atoms with Crippen molar-refractivity contribution in [3.8, 4) is 0 Å². The first-order chi connectivity index (χ1) is 7.75. The van der Waals surface area contributed by atoms with Gasteiger partial charge in [-0.1, -0.05) is 11.6 Å². The minimum absolute atomic E-state index is 0.605. The lowest BCUT2D eigenvalue weighted by Gasteiger charge is -2.07. The lowest BCUT2D eigenvalue weighted by atomic mass is 10.2. The van der Waals surface area contributed by atoms with Gasteiger partial charge in [0.25, 0.3) is 0 Å². The highest BCUT2D eigenvalue weighted by Crippen LogP contribution is 2.15. The third kappa shape index (κ3) is 2.64. The number of pyridine rings is 1. The van der Waals surface area contributed by atoms with E-state index < -0.39 is 0 Å². The van der Waals surface area contributed by atoms with Crippen molar-refractivity contribution in [2.24, 2.45) is 0 Å². The Balaban J connectivity index is 2.02. The fraction of sp³-hybridized carbons (Fsp3) is 0.0833. The van der Waals surface area contributed by atoms with Crippen LogP contribution in [0.3, 0.4) is 0 Å². The van der Waals surface area contributed by atoms with Gasteiger partial charge in [0, 0.05) is 16.9 Å². The number of hydrogen-bond acceptors (Lipinski definition) is 3. The van der Waals surface area contributed by atoms with Crippen LogP contribution in [0, 0.1) is 0 Å². The van der Waals surface area contributed by atoms with Gasteiger partial charge in [0.2, 0.25) is 0 Å². The zero-order chi connectivity index (χ0) is 11.4. The number of nitrogens with two attached hydrogens (primary N) is 1. The van der Waals surface area contributed by atoms with E-state index in [1.54, 1.807) is 6.20 Å². The van der Waals surface area contributed by atoms with E-state index in [2.05, 4.69) is 10.3 Å². The summed E-state index contributed by atoms with van der Waals surface area (Å²) < 4.78 is 0. The number of anilines is 2. The number of nitrogens with one attached hydrogen (secondary N) is 1. The van der Waals surface area contributed by atoms with E-state index in [0.29, 0.717) is 12.2 Å². The van der Waals surface area contributed by atoms with E-state index in [1.165, 1.54) is 0 Å². The number of rotatable bonds is 3. The van der Waals surface area contributed by atoms with Gasteiger partial charge in [-0.15, -0.1) is 0 Å². The maximum Gasteiger partial charge on any atom is 0.0823 e.